The number of nitrogens with one attached hydrogen (secondary N) is 3. The minimum atomic E-state index is -0.233. The van der Waals surface area contributed by atoms with Crippen molar-refractivity contribution in [3.8, 4) is 0 Å². The SMILES string of the molecule is CCC(=O)Nc1ccc(C)c(NC(=O)c2cn[nH]c2C)c1. The van der Waals surface area contributed by atoms with Gasteiger partial charge in [-0.15, -0.1) is 0 Å². The first-order valence-electron chi connectivity index (χ1n) is 6.73. The molecule has 1 aromatic heterocycles. The number of carbonyl (C=O) groups is 2. The van der Waals surface area contributed by atoms with Crippen molar-refractivity contribution in [1.29, 1.82) is 0 Å². The van der Waals surface area contributed by atoms with Crippen molar-refractivity contribution in [2.24, 2.45) is 0 Å². The number of amides is 2. The zero-order valence-corrected chi connectivity index (χ0v) is 12.3. The Labute approximate surface area is 122 Å². The topological polar surface area (TPSA) is 86.9 Å². The summed E-state index contributed by atoms with van der Waals surface area (Å²) in [6, 6.07) is 5.40. The van der Waals surface area contributed by atoms with E-state index in [1.807, 2.05) is 19.1 Å². The zero-order chi connectivity index (χ0) is 15.4. The van der Waals surface area contributed by atoms with Gasteiger partial charge in [0.1, 0.15) is 0 Å². The van der Waals surface area contributed by atoms with Crippen molar-refractivity contribution in [1.82, 2.24) is 10.2 Å². The fourth-order valence-electron chi connectivity index (χ4n) is 1.85. The van der Waals surface area contributed by atoms with Crippen LogP contribution in [0.2, 0.25) is 0 Å². The van der Waals surface area contributed by atoms with Gasteiger partial charge in [-0.25, -0.2) is 0 Å². The molecule has 0 aliphatic carbocycles. The maximum atomic E-state index is 12.2. The lowest BCUT2D eigenvalue weighted by atomic mass is 10.1. The normalized spacial score (nSPS) is 10.2. The predicted molar refractivity (Wildman–Crippen MR) is 81.4 cm³/mol. The smallest absolute Gasteiger partial charge is 0.259 e. The van der Waals surface area contributed by atoms with Gasteiger partial charge in [-0.3, -0.25) is 14.7 Å². The second-order valence-corrected chi connectivity index (χ2v) is 4.79. The third-order valence-corrected chi connectivity index (χ3v) is 3.17. The average Bonchev–Trinajstić information content (AvgIpc) is 2.88. The number of aromatic nitrogens is 2. The Bertz CT molecular complexity index is 676. The van der Waals surface area contributed by atoms with E-state index in [0.717, 1.165) is 5.56 Å². The van der Waals surface area contributed by atoms with E-state index >= 15 is 0 Å². The quantitative estimate of drug-likeness (QED) is 0.807. The molecule has 1 heterocycles. The molecule has 0 radical (unpaired) electrons. The van der Waals surface area contributed by atoms with Crippen LogP contribution < -0.4 is 10.6 Å². The number of aromatic amines is 1. The highest BCUT2D eigenvalue weighted by Gasteiger charge is 2.12. The van der Waals surface area contributed by atoms with Gasteiger partial charge in [0, 0.05) is 23.5 Å². The average molecular weight is 286 g/mol. The summed E-state index contributed by atoms with van der Waals surface area (Å²) in [7, 11) is 0. The van der Waals surface area contributed by atoms with E-state index in [1.54, 1.807) is 19.9 Å². The molecule has 0 bridgehead atoms. The molecular formula is C15H18N4O2. The fraction of sp³-hybridized carbons (Fsp3) is 0.267. The first-order valence-corrected chi connectivity index (χ1v) is 6.73. The van der Waals surface area contributed by atoms with Crippen LogP contribution in [0.3, 0.4) is 0 Å². The van der Waals surface area contributed by atoms with E-state index in [4.69, 9.17) is 0 Å². The van der Waals surface area contributed by atoms with E-state index in [1.165, 1.54) is 6.20 Å². The molecule has 2 rings (SSSR count). The van der Waals surface area contributed by atoms with Crippen LogP contribution in [0, 0.1) is 13.8 Å². The lowest BCUT2D eigenvalue weighted by Gasteiger charge is -2.11. The molecule has 0 fully saturated rings. The second kappa shape index (κ2) is 6.21. The van der Waals surface area contributed by atoms with Crippen LogP contribution in [-0.2, 0) is 4.79 Å². The Kier molecular flexibility index (Phi) is 4.37. The fourth-order valence-corrected chi connectivity index (χ4v) is 1.85. The zero-order valence-electron chi connectivity index (χ0n) is 12.3. The summed E-state index contributed by atoms with van der Waals surface area (Å²) >= 11 is 0. The number of benzene rings is 1. The molecule has 6 heteroatoms. The van der Waals surface area contributed by atoms with Gasteiger partial charge in [0.15, 0.2) is 0 Å². The third kappa shape index (κ3) is 3.47. The molecule has 0 aliphatic rings. The van der Waals surface area contributed by atoms with Gasteiger partial charge in [0.25, 0.3) is 5.91 Å². The van der Waals surface area contributed by atoms with Gasteiger partial charge in [0.05, 0.1) is 11.8 Å². The minimum absolute atomic E-state index is 0.0678. The molecule has 0 spiro atoms. The van der Waals surface area contributed by atoms with E-state index in [9.17, 15) is 9.59 Å². The first-order chi connectivity index (χ1) is 10.0. The molecule has 0 saturated heterocycles. The number of hydrogen-bond acceptors (Lipinski definition) is 3. The maximum Gasteiger partial charge on any atom is 0.259 e. The highest BCUT2D eigenvalue weighted by molar-refractivity contribution is 6.05. The summed E-state index contributed by atoms with van der Waals surface area (Å²) in [4.78, 5) is 23.6. The number of nitrogens with zero attached hydrogens (tertiary/aromatic N) is 1. The lowest BCUT2D eigenvalue weighted by Crippen LogP contribution is -2.14. The summed E-state index contributed by atoms with van der Waals surface area (Å²) in [5.41, 5.74) is 3.44. The molecule has 2 amide bonds. The Hall–Kier alpha value is -2.63. The van der Waals surface area contributed by atoms with Crippen molar-refractivity contribution in [3.05, 3.63) is 41.2 Å². The van der Waals surface area contributed by atoms with Gasteiger partial charge < -0.3 is 10.6 Å². The minimum Gasteiger partial charge on any atom is -0.326 e. The number of anilines is 2. The van der Waals surface area contributed by atoms with Gasteiger partial charge in [-0.05, 0) is 31.5 Å². The van der Waals surface area contributed by atoms with Crippen LogP contribution in [-0.4, -0.2) is 22.0 Å². The van der Waals surface area contributed by atoms with E-state index in [2.05, 4.69) is 20.8 Å². The number of H-pyrrole nitrogens is 1. The first kappa shape index (κ1) is 14.8. The van der Waals surface area contributed by atoms with Crippen LogP contribution in [0.25, 0.3) is 0 Å². The second-order valence-electron chi connectivity index (χ2n) is 4.79. The highest BCUT2D eigenvalue weighted by Crippen LogP contribution is 2.21. The summed E-state index contributed by atoms with van der Waals surface area (Å²) in [5.74, 6) is -0.301. The van der Waals surface area contributed by atoms with Crippen LogP contribution in [0.5, 0.6) is 0 Å². The standard InChI is InChI=1S/C15H18N4O2/c1-4-14(20)17-11-6-5-9(2)13(7-11)18-15(21)12-8-16-19-10(12)3/h5-8H,4H2,1-3H3,(H,16,19)(H,17,20)(H,18,21). The van der Waals surface area contributed by atoms with Gasteiger partial charge in [-0.1, -0.05) is 13.0 Å². The number of carbonyl (C=O) groups excluding carboxylic acids is 2. The van der Waals surface area contributed by atoms with Crippen LogP contribution in [0.15, 0.2) is 24.4 Å². The number of hydrogen-bond donors (Lipinski definition) is 3. The molecule has 0 saturated carbocycles. The van der Waals surface area contributed by atoms with Crippen molar-refractivity contribution in [2.75, 3.05) is 10.6 Å². The molecule has 1 aromatic carbocycles. The molecule has 3 N–H and O–H groups in total. The molecule has 0 aliphatic heterocycles. The molecule has 2 aromatic rings. The van der Waals surface area contributed by atoms with Crippen LogP contribution in [0.4, 0.5) is 11.4 Å². The molecule has 0 unspecified atom stereocenters. The Morgan fingerprint density at radius 2 is 2.00 bits per heavy atom. The lowest BCUT2D eigenvalue weighted by molar-refractivity contribution is -0.115. The summed E-state index contributed by atoms with van der Waals surface area (Å²) in [5, 5.41) is 12.2. The number of rotatable bonds is 4. The van der Waals surface area contributed by atoms with E-state index in [0.29, 0.717) is 29.1 Å². The molecule has 110 valence electrons. The molecular weight excluding hydrogens is 268 g/mol. The van der Waals surface area contributed by atoms with Gasteiger partial charge in [-0.2, -0.15) is 5.10 Å². The van der Waals surface area contributed by atoms with Crippen molar-refractivity contribution >= 4 is 23.2 Å². The Morgan fingerprint density at radius 1 is 1.24 bits per heavy atom. The van der Waals surface area contributed by atoms with Crippen molar-refractivity contribution < 1.29 is 9.59 Å². The molecule has 6 nitrogen and oxygen atoms in total. The van der Waals surface area contributed by atoms with Gasteiger partial charge >= 0.3 is 0 Å². The van der Waals surface area contributed by atoms with Crippen LogP contribution >= 0.6 is 0 Å². The van der Waals surface area contributed by atoms with Crippen LogP contribution in [0.1, 0.15) is 35.0 Å². The molecule has 21 heavy (non-hydrogen) atoms. The monoisotopic (exact) mass is 286 g/mol. The summed E-state index contributed by atoms with van der Waals surface area (Å²) in [6.45, 7) is 5.46. The predicted octanol–water partition coefficient (Wildman–Crippen LogP) is 2.63. The largest absolute Gasteiger partial charge is 0.326 e. The Morgan fingerprint density at radius 3 is 2.62 bits per heavy atom. The highest BCUT2D eigenvalue weighted by atomic mass is 16.2. The van der Waals surface area contributed by atoms with Crippen molar-refractivity contribution in [3.63, 3.8) is 0 Å². The summed E-state index contributed by atoms with van der Waals surface area (Å²) in [6.07, 6.45) is 1.90. The third-order valence-electron chi connectivity index (χ3n) is 3.17. The Balaban J connectivity index is 2.19. The van der Waals surface area contributed by atoms with Gasteiger partial charge in [0.2, 0.25) is 5.91 Å². The maximum absolute atomic E-state index is 12.2. The number of aryl methyl sites for hydroxylation is 2. The summed E-state index contributed by atoms with van der Waals surface area (Å²) < 4.78 is 0. The van der Waals surface area contributed by atoms with E-state index < -0.39 is 0 Å². The molecule has 0 atom stereocenters. The van der Waals surface area contributed by atoms with E-state index in [-0.39, 0.29) is 11.8 Å². The van der Waals surface area contributed by atoms with Crippen molar-refractivity contribution in [2.45, 2.75) is 27.2 Å².